The topological polar surface area (TPSA) is 106 Å². The summed E-state index contributed by atoms with van der Waals surface area (Å²) >= 11 is 11.7. The Bertz CT molecular complexity index is 1260. The first-order valence-corrected chi connectivity index (χ1v) is 10.6. The Kier molecular flexibility index (Phi) is 8.24. The Hall–Kier alpha value is -3.88. The molecule has 0 fully saturated rings. The first-order valence-electron chi connectivity index (χ1n) is 9.83. The zero-order chi connectivity index (χ0) is 24.7. The zero-order valence-corrected chi connectivity index (χ0v) is 19.6. The van der Waals surface area contributed by atoms with Gasteiger partial charge < -0.3 is 14.8 Å². The predicted molar refractivity (Wildman–Crippen MR) is 130 cm³/mol. The van der Waals surface area contributed by atoms with Crippen LogP contribution in [0.15, 0.2) is 65.8 Å². The number of nitrogens with one attached hydrogen (secondary N) is 2. The Balaban J connectivity index is 1.60. The average Bonchev–Trinajstić information content (AvgIpc) is 2.82. The summed E-state index contributed by atoms with van der Waals surface area (Å²) in [7, 11) is 1.43. The van der Waals surface area contributed by atoms with Crippen molar-refractivity contribution in [2.45, 2.75) is 6.92 Å². The van der Waals surface area contributed by atoms with E-state index < -0.39 is 17.8 Å². The number of aryl methyl sites for hydroxylation is 1. The number of ether oxygens (including phenoxy) is 2. The molecule has 0 bridgehead atoms. The highest BCUT2D eigenvalue weighted by molar-refractivity contribution is 6.43. The van der Waals surface area contributed by atoms with Crippen molar-refractivity contribution in [1.82, 2.24) is 5.43 Å². The number of nitrogens with zero attached hydrogens (tertiary/aromatic N) is 1. The largest absolute Gasteiger partial charge is 0.493 e. The van der Waals surface area contributed by atoms with Gasteiger partial charge in [0.2, 0.25) is 0 Å². The van der Waals surface area contributed by atoms with Gasteiger partial charge in [-0.1, -0.05) is 40.9 Å². The quantitative estimate of drug-likeness (QED) is 0.169. The molecule has 0 radical (unpaired) electrons. The molecular weight excluding hydrogens is 481 g/mol. The Labute approximate surface area is 205 Å². The van der Waals surface area contributed by atoms with E-state index in [0.29, 0.717) is 21.8 Å². The van der Waals surface area contributed by atoms with E-state index in [2.05, 4.69) is 15.8 Å². The lowest BCUT2D eigenvalue weighted by Crippen LogP contribution is -2.32. The molecule has 0 spiro atoms. The highest BCUT2D eigenvalue weighted by Crippen LogP contribution is 2.28. The molecule has 0 aliphatic heterocycles. The highest BCUT2D eigenvalue weighted by atomic mass is 35.5. The number of amides is 2. The standard InChI is InChI=1S/C24H19Cl2N3O5/c1-14-3-6-16(7-4-14)24(32)34-20-10-5-15(11-21(20)33-2)13-27-29-23(31)22(30)28-17-8-9-18(25)19(26)12-17/h3-13H,1-2H3,(H,28,30)(H,29,31). The van der Waals surface area contributed by atoms with Gasteiger partial charge in [0.15, 0.2) is 11.5 Å². The monoisotopic (exact) mass is 499 g/mol. The fraction of sp³-hybridized carbons (Fsp3) is 0.0833. The molecule has 0 aliphatic carbocycles. The van der Waals surface area contributed by atoms with Crippen LogP contribution in [0.1, 0.15) is 21.5 Å². The molecule has 8 nitrogen and oxygen atoms in total. The SMILES string of the molecule is COc1cc(C=NNC(=O)C(=O)Nc2ccc(Cl)c(Cl)c2)ccc1OC(=O)c1ccc(C)cc1. The Morgan fingerprint density at radius 1 is 0.882 bits per heavy atom. The van der Waals surface area contributed by atoms with Crippen LogP contribution in [0.2, 0.25) is 10.0 Å². The van der Waals surface area contributed by atoms with Crippen LogP contribution >= 0.6 is 23.2 Å². The van der Waals surface area contributed by atoms with E-state index in [0.717, 1.165) is 5.56 Å². The molecule has 2 amide bonds. The number of carbonyl (C=O) groups excluding carboxylic acids is 3. The smallest absolute Gasteiger partial charge is 0.343 e. The summed E-state index contributed by atoms with van der Waals surface area (Å²) in [6.45, 7) is 1.92. The number of esters is 1. The summed E-state index contributed by atoms with van der Waals surface area (Å²) in [5.41, 5.74) is 4.38. The van der Waals surface area contributed by atoms with Crippen LogP contribution in [-0.2, 0) is 9.59 Å². The number of carbonyl (C=O) groups is 3. The number of rotatable bonds is 6. The van der Waals surface area contributed by atoms with Gasteiger partial charge in [-0.2, -0.15) is 5.10 Å². The van der Waals surface area contributed by atoms with Gasteiger partial charge in [-0.15, -0.1) is 0 Å². The van der Waals surface area contributed by atoms with Crippen LogP contribution in [-0.4, -0.2) is 31.1 Å². The molecule has 10 heteroatoms. The molecule has 0 heterocycles. The van der Waals surface area contributed by atoms with Gasteiger partial charge in [0.1, 0.15) is 0 Å². The summed E-state index contributed by atoms with van der Waals surface area (Å²) in [6, 6.07) is 16.1. The van der Waals surface area contributed by atoms with Crippen molar-refractivity contribution in [3.63, 3.8) is 0 Å². The van der Waals surface area contributed by atoms with Crippen LogP contribution in [0.25, 0.3) is 0 Å². The molecule has 0 aromatic heterocycles. The van der Waals surface area contributed by atoms with E-state index in [-0.39, 0.29) is 16.5 Å². The number of benzene rings is 3. The number of hydrogen-bond acceptors (Lipinski definition) is 6. The van der Waals surface area contributed by atoms with Crippen LogP contribution in [0, 0.1) is 6.92 Å². The molecule has 0 saturated carbocycles. The summed E-state index contributed by atoms with van der Waals surface area (Å²) in [5.74, 6) is -1.95. The summed E-state index contributed by atoms with van der Waals surface area (Å²) < 4.78 is 10.7. The van der Waals surface area contributed by atoms with Gasteiger partial charge in [0.25, 0.3) is 0 Å². The molecule has 3 aromatic carbocycles. The van der Waals surface area contributed by atoms with Crippen molar-refractivity contribution >= 4 is 52.9 Å². The van der Waals surface area contributed by atoms with E-state index >= 15 is 0 Å². The number of halogens is 2. The van der Waals surface area contributed by atoms with Crippen molar-refractivity contribution in [2.75, 3.05) is 12.4 Å². The van der Waals surface area contributed by atoms with Gasteiger partial charge in [0, 0.05) is 5.69 Å². The van der Waals surface area contributed by atoms with Gasteiger partial charge in [0.05, 0.1) is 28.9 Å². The van der Waals surface area contributed by atoms with Gasteiger partial charge in [-0.05, 0) is 61.0 Å². The van der Waals surface area contributed by atoms with Crippen LogP contribution in [0.5, 0.6) is 11.5 Å². The minimum absolute atomic E-state index is 0.218. The van der Waals surface area contributed by atoms with Crippen LogP contribution in [0.3, 0.4) is 0 Å². The van der Waals surface area contributed by atoms with E-state index in [1.165, 1.54) is 37.6 Å². The normalized spacial score (nSPS) is 10.6. The van der Waals surface area contributed by atoms with Crippen molar-refractivity contribution in [2.24, 2.45) is 5.10 Å². The van der Waals surface area contributed by atoms with Crippen molar-refractivity contribution < 1.29 is 23.9 Å². The third-order valence-corrected chi connectivity index (χ3v) is 5.18. The minimum atomic E-state index is -0.988. The average molecular weight is 500 g/mol. The van der Waals surface area contributed by atoms with Gasteiger partial charge in [-0.3, -0.25) is 9.59 Å². The molecule has 3 rings (SSSR count). The fourth-order valence-electron chi connectivity index (χ4n) is 2.68. The molecule has 2 N–H and O–H groups in total. The lowest BCUT2D eigenvalue weighted by Gasteiger charge is -2.10. The lowest BCUT2D eigenvalue weighted by atomic mass is 10.1. The lowest BCUT2D eigenvalue weighted by molar-refractivity contribution is -0.136. The molecule has 3 aromatic rings. The molecule has 0 unspecified atom stereocenters. The predicted octanol–water partition coefficient (Wildman–Crippen LogP) is 4.62. The van der Waals surface area contributed by atoms with E-state index in [1.807, 2.05) is 19.1 Å². The second-order valence-electron chi connectivity index (χ2n) is 6.95. The summed E-state index contributed by atoms with van der Waals surface area (Å²) in [6.07, 6.45) is 1.30. The van der Waals surface area contributed by atoms with Crippen LogP contribution in [0.4, 0.5) is 5.69 Å². The van der Waals surface area contributed by atoms with Crippen molar-refractivity contribution in [1.29, 1.82) is 0 Å². The number of anilines is 1. The summed E-state index contributed by atoms with van der Waals surface area (Å²) in [5, 5.41) is 6.70. The molecule has 0 atom stereocenters. The molecule has 174 valence electrons. The maximum Gasteiger partial charge on any atom is 0.343 e. The molecule has 0 aliphatic rings. The van der Waals surface area contributed by atoms with Gasteiger partial charge in [-0.25, -0.2) is 10.2 Å². The first-order chi connectivity index (χ1) is 16.3. The number of hydrazone groups is 1. The molecular formula is C24H19Cl2N3O5. The van der Waals surface area contributed by atoms with Crippen molar-refractivity contribution in [3.8, 4) is 11.5 Å². The van der Waals surface area contributed by atoms with E-state index in [9.17, 15) is 14.4 Å². The maximum absolute atomic E-state index is 12.4. The van der Waals surface area contributed by atoms with E-state index in [1.54, 1.807) is 24.3 Å². The second kappa shape index (κ2) is 11.3. The third-order valence-electron chi connectivity index (χ3n) is 4.44. The molecule has 34 heavy (non-hydrogen) atoms. The first kappa shape index (κ1) is 24.8. The van der Waals surface area contributed by atoms with E-state index in [4.69, 9.17) is 32.7 Å². The Morgan fingerprint density at radius 3 is 2.29 bits per heavy atom. The maximum atomic E-state index is 12.4. The number of hydrogen-bond donors (Lipinski definition) is 2. The van der Waals surface area contributed by atoms with Gasteiger partial charge >= 0.3 is 17.8 Å². The number of methoxy groups -OCH3 is 1. The highest BCUT2D eigenvalue weighted by Gasteiger charge is 2.15. The Morgan fingerprint density at radius 2 is 1.62 bits per heavy atom. The van der Waals surface area contributed by atoms with Crippen LogP contribution < -0.4 is 20.2 Å². The molecule has 0 saturated heterocycles. The third kappa shape index (κ3) is 6.57. The van der Waals surface area contributed by atoms with Crippen molar-refractivity contribution in [3.05, 3.63) is 87.4 Å². The summed E-state index contributed by atoms with van der Waals surface area (Å²) in [4.78, 5) is 36.3. The fourth-order valence-corrected chi connectivity index (χ4v) is 2.97. The minimum Gasteiger partial charge on any atom is -0.493 e. The zero-order valence-electron chi connectivity index (χ0n) is 18.1. The second-order valence-corrected chi connectivity index (χ2v) is 7.76.